The van der Waals surface area contributed by atoms with Gasteiger partial charge in [-0.05, 0) is 52.2 Å². The van der Waals surface area contributed by atoms with Crippen LogP contribution in [0.5, 0.6) is 5.75 Å². The summed E-state index contributed by atoms with van der Waals surface area (Å²) in [6.45, 7) is 1.72. The third-order valence-corrected chi connectivity index (χ3v) is 5.25. The second-order valence-corrected chi connectivity index (χ2v) is 7.98. The summed E-state index contributed by atoms with van der Waals surface area (Å²) in [7, 11) is 0. The van der Waals surface area contributed by atoms with Crippen molar-refractivity contribution in [2.75, 3.05) is 5.32 Å². The summed E-state index contributed by atoms with van der Waals surface area (Å²) in [5.41, 5.74) is 0.995. The summed E-state index contributed by atoms with van der Waals surface area (Å²) in [6.07, 6.45) is 0.835. The highest BCUT2D eigenvalue weighted by Gasteiger charge is 2.25. The zero-order valence-corrected chi connectivity index (χ0v) is 18.2. The highest BCUT2D eigenvalue weighted by Crippen LogP contribution is 2.35. The lowest BCUT2D eigenvalue weighted by molar-refractivity contribution is -0.131. The van der Waals surface area contributed by atoms with E-state index in [9.17, 15) is 14.7 Å². The maximum absolute atomic E-state index is 12.7. The lowest BCUT2D eigenvalue weighted by Gasteiger charge is -2.24. The molecule has 0 bridgehead atoms. The van der Waals surface area contributed by atoms with Crippen molar-refractivity contribution in [3.8, 4) is 5.75 Å². The van der Waals surface area contributed by atoms with Crippen molar-refractivity contribution in [2.24, 2.45) is 5.92 Å². The van der Waals surface area contributed by atoms with Gasteiger partial charge in [0.15, 0.2) is 0 Å². The number of fused-ring (bicyclic) bond motifs is 1. The van der Waals surface area contributed by atoms with E-state index in [2.05, 4.69) is 27.9 Å². The minimum Gasteiger partial charge on any atom is -0.508 e. The molecular formula is C23H20INO5. The van der Waals surface area contributed by atoms with Crippen LogP contribution in [-0.4, -0.2) is 22.3 Å². The second kappa shape index (κ2) is 9.62. The van der Waals surface area contributed by atoms with Crippen molar-refractivity contribution >= 4 is 51.1 Å². The summed E-state index contributed by atoms with van der Waals surface area (Å²) in [5.74, 6) is -1.63. The standard InChI is InChI=1S/C23H20INO5/c1-14(9-12-21(27)28)22(18-13-16(24)10-11-20(18)26)30-23(29)25-19-8-4-6-15-5-2-3-7-17(15)19/h2-14,22,26H,1H3,(H,25,29)(H,27,28)/b12-9+/t14-,22-/m1/s1. The van der Waals surface area contributed by atoms with Gasteiger partial charge in [0.2, 0.25) is 0 Å². The number of amides is 1. The molecule has 2 atom stereocenters. The van der Waals surface area contributed by atoms with Gasteiger partial charge >= 0.3 is 12.1 Å². The van der Waals surface area contributed by atoms with Crippen molar-refractivity contribution in [1.29, 1.82) is 0 Å². The highest BCUT2D eigenvalue weighted by molar-refractivity contribution is 14.1. The number of nitrogens with one attached hydrogen (secondary N) is 1. The average Bonchev–Trinajstić information content (AvgIpc) is 2.72. The first-order chi connectivity index (χ1) is 14.3. The van der Waals surface area contributed by atoms with Crippen molar-refractivity contribution in [1.82, 2.24) is 0 Å². The molecule has 0 aromatic heterocycles. The number of aromatic hydroxyl groups is 1. The number of anilines is 1. The SMILES string of the molecule is C[C@H](/C=C/C(=O)O)[C@@H](OC(=O)Nc1cccc2ccccc12)c1cc(I)ccc1O. The van der Waals surface area contributed by atoms with Gasteiger partial charge in [-0.3, -0.25) is 5.32 Å². The maximum Gasteiger partial charge on any atom is 0.412 e. The van der Waals surface area contributed by atoms with Crippen molar-refractivity contribution in [3.05, 3.63) is 81.9 Å². The topological polar surface area (TPSA) is 95.9 Å². The van der Waals surface area contributed by atoms with Gasteiger partial charge in [-0.15, -0.1) is 0 Å². The van der Waals surface area contributed by atoms with Crippen LogP contribution in [0, 0.1) is 9.49 Å². The van der Waals surface area contributed by atoms with Gasteiger partial charge in [0.25, 0.3) is 0 Å². The van der Waals surface area contributed by atoms with E-state index in [4.69, 9.17) is 9.84 Å². The second-order valence-electron chi connectivity index (χ2n) is 6.74. The molecule has 0 radical (unpaired) electrons. The van der Waals surface area contributed by atoms with E-state index in [0.717, 1.165) is 20.4 Å². The number of rotatable bonds is 6. The number of benzene rings is 3. The molecule has 154 valence electrons. The molecule has 7 heteroatoms. The molecular weight excluding hydrogens is 497 g/mol. The molecule has 0 heterocycles. The van der Waals surface area contributed by atoms with Crippen LogP contribution in [0.2, 0.25) is 0 Å². The van der Waals surface area contributed by atoms with Crippen LogP contribution >= 0.6 is 22.6 Å². The average molecular weight is 517 g/mol. The first kappa shape index (κ1) is 21.6. The molecule has 3 rings (SSSR count). The molecule has 0 spiro atoms. The molecule has 0 saturated heterocycles. The number of carboxylic acid groups (broad SMARTS) is 1. The Balaban J connectivity index is 1.89. The Morgan fingerprint density at radius 3 is 2.60 bits per heavy atom. The normalized spacial score (nSPS) is 13.1. The fourth-order valence-corrected chi connectivity index (χ4v) is 3.65. The minimum atomic E-state index is -1.10. The number of phenols is 1. The van der Waals surface area contributed by atoms with Crippen molar-refractivity contribution in [2.45, 2.75) is 13.0 Å². The third kappa shape index (κ3) is 5.29. The molecule has 3 aromatic rings. The van der Waals surface area contributed by atoms with Crippen molar-refractivity contribution < 1.29 is 24.5 Å². The molecule has 0 unspecified atom stereocenters. The lowest BCUT2D eigenvalue weighted by atomic mass is 9.96. The van der Waals surface area contributed by atoms with Crippen LogP contribution in [0.4, 0.5) is 10.5 Å². The van der Waals surface area contributed by atoms with Crippen LogP contribution < -0.4 is 5.32 Å². The predicted octanol–water partition coefficient (Wildman–Crippen LogP) is 5.72. The number of phenolic OH excluding ortho intramolecular Hbond substituents is 1. The monoisotopic (exact) mass is 517 g/mol. The third-order valence-electron chi connectivity index (χ3n) is 4.58. The van der Waals surface area contributed by atoms with Crippen LogP contribution in [0.15, 0.2) is 72.8 Å². The van der Waals surface area contributed by atoms with Crippen LogP contribution in [0.3, 0.4) is 0 Å². The summed E-state index contributed by atoms with van der Waals surface area (Å²) < 4.78 is 6.51. The highest BCUT2D eigenvalue weighted by atomic mass is 127. The number of carbonyl (C=O) groups excluding carboxylic acids is 1. The molecule has 1 amide bonds. The van der Waals surface area contributed by atoms with Crippen molar-refractivity contribution in [3.63, 3.8) is 0 Å². The quantitative estimate of drug-likeness (QED) is 0.287. The van der Waals surface area contributed by atoms with Gasteiger partial charge in [-0.1, -0.05) is 49.4 Å². The number of halogens is 1. The Morgan fingerprint density at radius 1 is 1.10 bits per heavy atom. The molecule has 6 nitrogen and oxygen atoms in total. The van der Waals surface area contributed by atoms with Crippen LogP contribution in [0.1, 0.15) is 18.6 Å². The number of hydrogen-bond acceptors (Lipinski definition) is 4. The van der Waals surface area contributed by atoms with E-state index in [1.165, 1.54) is 12.1 Å². The molecule has 3 N–H and O–H groups in total. The zero-order chi connectivity index (χ0) is 21.7. The molecule has 0 aliphatic rings. The van der Waals surface area contributed by atoms with E-state index in [-0.39, 0.29) is 5.75 Å². The van der Waals surface area contributed by atoms with Gasteiger partial charge in [-0.25, -0.2) is 9.59 Å². The largest absolute Gasteiger partial charge is 0.508 e. The first-order valence-corrected chi connectivity index (χ1v) is 10.3. The zero-order valence-electron chi connectivity index (χ0n) is 16.1. The summed E-state index contributed by atoms with van der Waals surface area (Å²) in [6, 6.07) is 18.1. The summed E-state index contributed by atoms with van der Waals surface area (Å²) in [5, 5.41) is 23.8. The molecule has 0 aliphatic carbocycles. The van der Waals surface area contributed by atoms with Gasteiger partial charge in [0.05, 0.1) is 5.69 Å². The lowest BCUT2D eigenvalue weighted by Crippen LogP contribution is -2.21. The predicted molar refractivity (Wildman–Crippen MR) is 124 cm³/mol. The number of aliphatic carboxylic acids is 1. The number of carboxylic acids is 1. The van der Waals surface area contributed by atoms with Gasteiger partial charge < -0.3 is 14.9 Å². The maximum atomic E-state index is 12.7. The Hall–Kier alpha value is -3.07. The van der Waals surface area contributed by atoms with Crippen LogP contribution in [-0.2, 0) is 9.53 Å². The van der Waals surface area contributed by atoms with E-state index < -0.39 is 24.1 Å². The Kier molecular flexibility index (Phi) is 6.94. The fraction of sp³-hybridized carbons (Fsp3) is 0.130. The molecule has 3 aromatic carbocycles. The van der Waals surface area contributed by atoms with E-state index in [1.54, 1.807) is 25.1 Å². The van der Waals surface area contributed by atoms with E-state index >= 15 is 0 Å². The Labute approximate surface area is 187 Å². The van der Waals surface area contributed by atoms with Gasteiger partial charge in [0.1, 0.15) is 11.9 Å². The van der Waals surface area contributed by atoms with Crippen LogP contribution in [0.25, 0.3) is 10.8 Å². The minimum absolute atomic E-state index is 0.0334. The molecule has 30 heavy (non-hydrogen) atoms. The molecule has 0 fully saturated rings. The number of ether oxygens (including phenoxy) is 1. The number of hydrogen-bond donors (Lipinski definition) is 3. The molecule has 0 aliphatic heterocycles. The summed E-state index contributed by atoms with van der Waals surface area (Å²) >= 11 is 2.09. The van der Waals surface area contributed by atoms with E-state index in [0.29, 0.717) is 11.3 Å². The fourth-order valence-electron chi connectivity index (χ4n) is 3.13. The smallest absolute Gasteiger partial charge is 0.412 e. The van der Waals surface area contributed by atoms with Gasteiger partial charge in [-0.2, -0.15) is 0 Å². The Morgan fingerprint density at radius 2 is 1.83 bits per heavy atom. The number of carbonyl (C=O) groups is 2. The first-order valence-electron chi connectivity index (χ1n) is 9.20. The van der Waals surface area contributed by atoms with E-state index in [1.807, 2.05) is 36.4 Å². The Bertz CT molecular complexity index is 1110. The molecule has 0 saturated carbocycles. The van der Waals surface area contributed by atoms with Gasteiger partial charge in [0, 0.05) is 26.5 Å². The summed E-state index contributed by atoms with van der Waals surface area (Å²) in [4.78, 5) is 23.6.